The van der Waals surface area contributed by atoms with Crippen LogP contribution in [0.15, 0.2) is 41.2 Å². The van der Waals surface area contributed by atoms with Crippen LogP contribution in [-0.2, 0) is 27.4 Å². The van der Waals surface area contributed by atoms with Crippen LogP contribution < -0.4 is 16.2 Å². The van der Waals surface area contributed by atoms with E-state index in [2.05, 4.69) is 25.8 Å². The van der Waals surface area contributed by atoms with Gasteiger partial charge < -0.3 is 10.1 Å². The Kier molecular flexibility index (Phi) is 6.51. The van der Waals surface area contributed by atoms with Crippen molar-refractivity contribution in [3.8, 4) is 0 Å². The fourth-order valence-electron chi connectivity index (χ4n) is 4.41. The lowest BCUT2D eigenvalue weighted by Gasteiger charge is -2.26. The molecule has 0 aliphatic carbocycles. The van der Waals surface area contributed by atoms with Gasteiger partial charge in [-0.3, -0.25) is 24.6 Å². The number of hydrogen-bond acceptors (Lipinski definition) is 8. The number of anilines is 1. The van der Waals surface area contributed by atoms with Crippen LogP contribution >= 0.6 is 0 Å². The van der Waals surface area contributed by atoms with Gasteiger partial charge >= 0.3 is 0 Å². The number of carbonyl (C=O) groups is 2. The zero-order valence-electron chi connectivity index (χ0n) is 19.0. The quantitative estimate of drug-likeness (QED) is 0.508. The van der Waals surface area contributed by atoms with Gasteiger partial charge in [-0.25, -0.2) is 4.39 Å². The number of aromatic nitrogens is 3. The summed E-state index contributed by atoms with van der Waals surface area (Å²) < 4.78 is 21.2. The number of imide groups is 1. The van der Waals surface area contributed by atoms with Crippen LogP contribution in [-0.4, -0.2) is 58.0 Å². The van der Waals surface area contributed by atoms with Gasteiger partial charge in [-0.15, -0.1) is 5.10 Å². The average Bonchev–Trinajstić information content (AvgIpc) is 2.85. The van der Waals surface area contributed by atoms with Crippen LogP contribution in [0.2, 0.25) is 0 Å². The summed E-state index contributed by atoms with van der Waals surface area (Å²) in [6.45, 7) is 3.84. The van der Waals surface area contributed by atoms with E-state index in [1.807, 2.05) is 6.07 Å². The van der Waals surface area contributed by atoms with Crippen LogP contribution in [0.3, 0.4) is 0 Å². The monoisotopic (exact) mass is 480 g/mol. The van der Waals surface area contributed by atoms with Gasteiger partial charge in [0.05, 0.1) is 18.6 Å². The number of halogens is 1. The Morgan fingerprint density at radius 1 is 1.14 bits per heavy atom. The molecule has 5 rings (SSSR count). The van der Waals surface area contributed by atoms with Gasteiger partial charge in [-0.05, 0) is 30.2 Å². The number of ether oxygens (including phenoxy) is 1. The van der Waals surface area contributed by atoms with Crippen molar-refractivity contribution >= 4 is 28.4 Å². The molecule has 0 spiro atoms. The van der Waals surface area contributed by atoms with Crippen LogP contribution in [0.25, 0.3) is 10.9 Å². The Morgan fingerprint density at radius 2 is 1.97 bits per heavy atom. The number of nitrogens with zero attached hydrogens (tertiary/aromatic N) is 4. The third-order valence-corrected chi connectivity index (χ3v) is 6.32. The van der Waals surface area contributed by atoms with Crippen molar-refractivity contribution in [1.82, 2.24) is 25.2 Å². The van der Waals surface area contributed by atoms with Crippen molar-refractivity contribution < 1.29 is 18.7 Å². The first-order valence-corrected chi connectivity index (χ1v) is 11.5. The molecular weight excluding hydrogens is 455 g/mol. The first-order valence-electron chi connectivity index (χ1n) is 11.5. The number of nitrogens with one attached hydrogen (secondary N) is 2. The zero-order valence-corrected chi connectivity index (χ0v) is 19.0. The normalized spacial score (nSPS) is 19.1. The second kappa shape index (κ2) is 9.88. The van der Waals surface area contributed by atoms with E-state index in [9.17, 15) is 18.8 Å². The van der Waals surface area contributed by atoms with Gasteiger partial charge in [-0.1, -0.05) is 23.4 Å². The number of fused-ring (bicyclic) bond motifs is 1. The molecule has 1 unspecified atom stereocenters. The third kappa shape index (κ3) is 4.91. The van der Waals surface area contributed by atoms with Crippen LogP contribution in [0, 0.1) is 5.82 Å². The summed E-state index contributed by atoms with van der Waals surface area (Å²) in [6.07, 6.45) is 0.283. The van der Waals surface area contributed by atoms with E-state index in [1.165, 1.54) is 6.07 Å². The molecule has 3 aromatic rings. The summed E-state index contributed by atoms with van der Waals surface area (Å²) in [5.74, 6) is -1.29. The summed E-state index contributed by atoms with van der Waals surface area (Å²) in [6, 6.07) is 9.33. The SMILES string of the molecule is O=C1CCC(n2nnc3cccc(NCc4ccc(CN5CCOCC5)cc4F)c3c2=O)C(=O)N1. The number of piperidine rings is 1. The van der Waals surface area contributed by atoms with E-state index in [4.69, 9.17) is 4.74 Å². The molecule has 35 heavy (non-hydrogen) atoms. The molecule has 2 aliphatic rings. The van der Waals surface area contributed by atoms with Gasteiger partial charge in [0.25, 0.3) is 11.5 Å². The smallest absolute Gasteiger partial charge is 0.280 e. The number of benzene rings is 2. The molecule has 0 radical (unpaired) electrons. The van der Waals surface area contributed by atoms with Gasteiger partial charge in [0, 0.05) is 43.9 Å². The Morgan fingerprint density at radius 3 is 2.74 bits per heavy atom. The fourth-order valence-corrected chi connectivity index (χ4v) is 4.41. The van der Waals surface area contributed by atoms with Crippen molar-refractivity contribution in [2.24, 2.45) is 0 Å². The maximum absolute atomic E-state index is 14.8. The number of amides is 2. The molecule has 3 heterocycles. The molecule has 2 fully saturated rings. The van der Waals surface area contributed by atoms with E-state index in [0.717, 1.165) is 23.3 Å². The average molecular weight is 481 g/mol. The van der Waals surface area contributed by atoms with Crippen molar-refractivity contribution in [1.29, 1.82) is 0 Å². The van der Waals surface area contributed by atoms with Crippen LogP contribution in [0.5, 0.6) is 0 Å². The van der Waals surface area contributed by atoms with E-state index in [0.29, 0.717) is 36.5 Å². The Labute approximate surface area is 200 Å². The largest absolute Gasteiger partial charge is 0.380 e. The summed E-state index contributed by atoms with van der Waals surface area (Å²) in [5, 5.41) is 13.6. The van der Waals surface area contributed by atoms with Crippen molar-refractivity contribution in [2.45, 2.75) is 32.0 Å². The first-order chi connectivity index (χ1) is 17.0. The maximum atomic E-state index is 14.8. The molecule has 2 amide bonds. The summed E-state index contributed by atoms with van der Waals surface area (Å²) >= 11 is 0. The fraction of sp³-hybridized carbons (Fsp3) is 0.375. The molecule has 10 nitrogen and oxygen atoms in total. The molecule has 11 heteroatoms. The molecule has 182 valence electrons. The molecule has 0 saturated carbocycles. The van der Waals surface area contributed by atoms with E-state index >= 15 is 0 Å². The minimum Gasteiger partial charge on any atom is -0.380 e. The summed E-state index contributed by atoms with van der Waals surface area (Å²) in [4.78, 5) is 39.2. The molecule has 2 aliphatic heterocycles. The van der Waals surface area contributed by atoms with Crippen LogP contribution in [0.4, 0.5) is 10.1 Å². The van der Waals surface area contributed by atoms with Gasteiger partial charge in [0.2, 0.25) is 5.91 Å². The van der Waals surface area contributed by atoms with Crippen molar-refractivity contribution in [3.63, 3.8) is 0 Å². The van der Waals surface area contributed by atoms with Crippen molar-refractivity contribution in [3.05, 3.63) is 63.7 Å². The maximum Gasteiger partial charge on any atom is 0.280 e. The Hall–Kier alpha value is -3.70. The molecule has 1 atom stereocenters. The van der Waals surface area contributed by atoms with E-state index in [1.54, 1.807) is 24.3 Å². The predicted molar refractivity (Wildman–Crippen MR) is 125 cm³/mol. The topological polar surface area (TPSA) is 118 Å². The second-order valence-corrected chi connectivity index (χ2v) is 8.67. The number of rotatable bonds is 6. The number of morpholine rings is 1. The lowest BCUT2D eigenvalue weighted by Crippen LogP contribution is -2.45. The highest BCUT2D eigenvalue weighted by atomic mass is 19.1. The van der Waals surface area contributed by atoms with Gasteiger partial charge in [0.15, 0.2) is 0 Å². The van der Waals surface area contributed by atoms with Crippen molar-refractivity contribution in [2.75, 3.05) is 31.6 Å². The highest BCUT2D eigenvalue weighted by Gasteiger charge is 2.30. The molecule has 2 N–H and O–H groups in total. The summed E-state index contributed by atoms with van der Waals surface area (Å²) in [5.41, 5.74) is 1.65. The molecule has 2 aromatic carbocycles. The summed E-state index contributed by atoms with van der Waals surface area (Å²) in [7, 11) is 0. The number of carbonyl (C=O) groups excluding carboxylic acids is 2. The van der Waals surface area contributed by atoms with E-state index < -0.39 is 17.5 Å². The lowest BCUT2D eigenvalue weighted by atomic mass is 10.1. The highest BCUT2D eigenvalue weighted by Crippen LogP contribution is 2.22. The Bertz CT molecular complexity index is 1340. The van der Waals surface area contributed by atoms with Gasteiger partial charge in [-0.2, -0.15) is 4.68 Å². The number of hydrogen-bond donors (Lipinski definition) is 2. The first kappa shape index (κ1) is 23.1. The minimum atomic E-state index is -0.915. The molecule has 1 aromatic heterocycles. The lowest BCUT2D eigenvalue weighted by molar-refractivity contribution is -0.136. The zero-order chi connectivity index (χ0) is 24.4. The predicted octanol–water partition coefficient (Wildman–Crippen LogP) is 1.35. The standard InChI is InChI=1S/C24H25FN6O4/c25-17-12-15(14-30-8-10-35-11-9-30)4-5-16(17)13-26-18-2-1-3-19-22(18)24(34)31(29-28-19)20-6-7-21(32)27-23(20)33/h1-5,12,20,26H,6-11,13-14H2,(H,27,32,33). The molecular formula is C24H25FN6O4. The van der Waals surface area contributed by atoms with Crippen LogP contribution in [0.1, 0.15) is 30.0 Å². The van der Waals surface area contributed by atoms with Gasteiger partial charge in [0.1, 0.15) is 17.4 Å². The molecule has 2 saturated heterocycles. The Balaban J connectivity index is 1.36. The third-order valence-electron chi connectivity index (χ3n) is 6.32. The minimum absolute atomic E-state index is 0.114. The highest BCUT2D eigenvalue weighted by molar-refractivity contribution is 5.99. The molecule has 0 bridgehead atoms. The van der Waals surface area contributed by atoms with E-state index in [-0.39, 0.29) is 36.5 Å². The second-order valence-electron chi connectivity index (χ2n) is 8.67.